The van der Waals surface area contributed by atoms with Gasteiger partial charge in [0, 0.05) is 17.7 Å². The predicted molar refractivity (Wildman–Crippen MR) is 123 cm³/mol. The lowest BCUT2D eigenvalue weighted by Crippen LogP contribution is -2.17. The smallest absolute Gasteiger partial charge is 0.289 e. The molecule has 0 spiro atoms. The van der Waals surface area contributed by atoms with Crippen molar-refractivity contribution in [3.05, 3.63) is 112 Å². The summed E-state index contributed by atoms with van der Waals surface area (Å²) >= 11 is 0. The number of carbonyl (C=O) groups excluding carboxylic acids is 1. The van der Waals surface area contributed by atoms with Crippen molar-refractivity contribution in [3.8, 4) is 17.0 Å². The van der Waals surface area contributed by atoms with Crippen LogP contribution in [0.5, 0.6) is 5.75 Å². The van der Waals surface area contributed by atoms with Gasteiger partial charge in [-0.2, -0.15) is 10.2 Å². The minimum absolute atomic E-state index is 0.0179. The zero-order valence-electron chi connectivity index (χ0n) is 17.3. The molecule has 0 radical (unpaired) electrons. The first-order chi connectivity index (χ1) is 16.1. The molecule has 164 valence electrons. The summed E-state index contributed by atoms with van der Waals surface area (Å²) in [5, 5.41) is 21.5. The summed E-state index contributed by atoms with van der Waals surface area (Å²) in [6.45, 7) is 0.450. The molecule has 0 atom stereocenters. The fraction of sp³-hybridized carbons (Fsp3) is 0.0417. The Bertz CT molecular complexity index is 1280. The largest absolute Gasteiger partial charge is 0.489 e. The van der Waals surface area contributed by atoms with Crippen molar-refractivity contribution in [1.82, 2.24) is 15.6 Å². The lowest BCUT2D eigenvalue weighted by Gasteiger charge is -2.07. The molecule has 1 aromatic heterocycles. The van der Waals surface area contributed by atoms with Gasteiger partial charge in [0.2, 0.25) is 0 Å². The van der Waals surface area contributed by atoms with Crippen LogP contribution >= 0.6 is 0 Å². The third-order valence-electron chi connectivity index (χ3n) is 4.68. The van der Waals surface area contributed by atoms with Crippen LogP contribution in [0.3, 0.4) is 0 Å². The number of non-ortho nitro benzene ring substituents is 1. The molecule has 9 heteroatoms. The average Bonchev–Trinajstić information content (AvgIpc) is 3.34. The summed E-state index contributed by atoms with van der Waals surface area (Å²) in [6.07, 6.45) is 1.40. The highest BCUT2D eigenvalue weighted by Crippen LogP contribution is 2.23. The molecule has 33 heavy (non-hydrogen) atoms. The highest BCUT2D eigenvalue weighted by Gasteiger charge is 2.11. The van der Waals surface area contributed by atoms with Crippen LogP contribution in [0, 0.1) is 10.1 Å². The third-order valence-corrected chi connectivity index (χ3v) is 4.68. The number of hydrogen-bond donors (Lipinski definition) is 2. The van der Waals surface area contributed by atoms with E-state index in [-0.39, 0.29) is 11.4 Å². The molecule has 0 aliphatic carbocycles. The quantitative estimate of drug-likeness (QED) is 0.239. The second-order valence-electron chi connectivity index (χ2n) is 7.02. The average molecular weight is 441 g/mol. The first kappa shape index (κ1) is 21.4. The lowest BCUT2D eigenvalue weighted by atomic mass is 10.1. The van der Waals surface area contributed by atoms with Gasteiger partial charge in [0.25, 0.3) is 11.6 Å². The normalized spacial score (nSPS) is 10.8. The fourth-order valence-corrected chi connectivity index (χ4v) is 2.98. The topological polar surface area (TPSA) is 123 Å². The van der Waals surface area contributed by atoms with Crippen LogP contribution in [0.25, 0.3) is 11.3 Å². The molecule has 0 saturated carbocycles. The molecule has 2 N–H and O–H groups in total. The number of nitrogens with one attached hydrogen (secondary N) is 2. The Morgan fingerprint density at radius 3 is 2.61 bits per heavy atom. The highest BCUT2D eigenvalue weighted by atomic mass is 16.6. The highest BCUT2D eigenvalue weighted by molar-refractivity contribution is 5.94. The predicted octanol–water partition coefficient (Wildman–Crippen LogP) is 4.33. The molecule has 0 bridgehead atoms. The van der Waals surface area contributed by atoms with E-state index in [4.69, 9.17) is 4.74 Å². The Kier molecular flexibility index (Phi) is 6.51. The molecule has 0 unspecified atom stereocenters. The number of amides is 1. The van der Waals surface area contributed by atoms with Crippen LogP contribution in [0.4, 0.5) is 5.69 Å². The number of rotatable bonds is 8. The summed E-state index contributed by atoms with van der Waals surface area (Å²) in [7, 11) is 0. The second-order valence-corrected chi connectivity index (χ2v) is 7.02. The van der Waals surface area contributed by atoms with Gasteiger partial charge in [-0.05, 0) is 41.5 Å². The summed E-state index contributed by atoms with van der Waals surface area (Å²) in [6, 6.07) is 24.7. The minimum Gasteiger partial charge on any atom is -0.489 e. The maximum Gasteiger partial charge on any atom is 0.289 e. The number of carbonyl (C=O) groups is 1. The van der Waals surface area contributed by atoms with Crippen molar-refractivity contribution in [2.75, 3.05) is 0 Å². The SMILES string of the molecule is O=C(N/N=C/c1ccc([N+](=O)[O-])cc1)c1cc(-c2cccc(OCc3ccccc3)c2)n[nH]1. The monoisotopic (exact) mass is 441 g/mol. The number of H-pyrrole nitrogens is 1. The Morgan fingerprint density at radius 2 is 1.85 bits per heavy atom. The van der Waals surface area contributed by atoms with E-state index in [2.05, 4.69) is 20.7 Å². The zero-order chi connectivity index (χ0) is 23.0. The molecule has 0 aliphatic heterocycles. The first-order valence-corrected chi connectivity index (χ1v) is 9.99. The van der Waals surface area contributed by atoms with E-state index in [0.29, 0.717) is 23.6 Å². The Labute approximate surface area is 188 Å². The van der Waals surface area contributed by atoms with Crippen LogP contribution in [-0.4, -0.2) is 27.2 Å². The summed E-state index contributed by atoms with van der Waals surface area (Å²) < 4.78 is 5.85. The van der Waals surface area contributed by atoms with Gasteiger partial charge < -0.3 is 4.74 Å². The van der Waals surface area contributed by atoms with Crippen LogP contribution in [0.15, 0.2) is 90.0 Å². The standard InChI is InChI=1S/C24H19N5O4/c30-24(28-25-15-17-9-11-20(12-10-17)29(31)32)23-14-22(26-27-23)19-7-4-8-21(13-19)33-16-18-5-2-1-3-6-18/h1-15H,16H2,(H,26,27)(H,28,30)/b25-15+. The molecule has 0 saturated heterocycles. The van der Waals surface area contributed by atoms with Gasteiger partial charge in [0.15, 0.2) is 0 Å². The van der Waals surface area contributed by atoms with E-state index >= 15 is 0 Å². The molecule has 0 aliphatic rings. The van der Waals surface area contributed by atoms with Gasteiger partial charge in [0.1, 0.15) is 18.1 Å². The van der Waals surface area contributed by atoms with Crippen LogP contribution in [0.1, 0.15) is 21.6 Å². The zero-order valence-corrected chi connectivity index (χ0v) is 17.3. The first-order valence-electron chi connectivity index (χ1n) is 9.99. The minimum atomic E-state index is -0.483. The van der Waals surface area contributed by atoms with Gasteiger partial charge in [-0.15, -0.1) is 0 Å². The van der Waals surface area contributed by atoms with Crippen molar-refractivity contribution in [2.45, 2.75) is 6.61 Å². The molecule has 4 aromatic rings. The molecule has 1 heterocycles. The Balaban J connectivity index is 1.37. The lowest BCUT2D eigenvalue weighted by molar-refractivity contribution is -0.384. The van der Waals surface area contributed by atoms with Crippen LogP contribution < -0.4 is 10.2 Å². The summed E-state index contributed by atoms with van der Waals surface area (Å²) in [5.41, 5.74) is 5.68. The van der Waals surface area contributed by atoms with Gasteiger partial charge >= 0.3 is 0 Å². The van der Waals surface area contributed by atoms with E-state index in [1.54, 1.807) is 6.07 Å². The molecule has 0 fully saturated rings. The molecule has 9 nitrogen and oxygen atoms in total. The van der Waals surface area contributed by atoms with E-state index in [0.717, 1.165) is 11.1 Å². The Morgan fingerprint density at radius 1 is 1.06 bits per heavy atom. The van der Waals surface area contributed by atoms with Crippen molar-refractivity contribution in [2.24, 2.45) is 5.10 Å². The number of aromatic nitrogens is 2. The number of nitrogens with zero attached hydrogens (tertiary/aromatic N) is 3. The second kappa shape index (κ2) is 10.0. The molecular formula is C24H19N5O4. The Hall–Kier alpha value is -4.79. The van der Waals surface area contributed by atoms with Crippen LogP contribution in [-0.2, 0) is 6.61 Å². The molecule has 1 amide bonds. The third kappa shape index (κ3) is 5.67. The number of nitro groups is 1. The van der Waals surface area contributed by atoms with Crippen molar-refractivity contribution < 1.29 is 14.5 Å². The number of ether oxygens (including phenoxy) is 1. The number of benzene rings is 3. The molecule has 3 aromatic carbocycles. The van der Waals surface area contributed by atoms with Crippen molar-refractivity contribution in [3.63, 3.8) is 0 Å². The number of aromatic amines is 1. The van der Waals surface area contributed by atoms with Gasteiger partial charge in [-0.25, -0.2) is 5.43 Å². The van der Waals surface area contributed by atoms with Gasteiger partial charge in [-0.1, -0.05) is 42.5 Å². The van der Waals surface area contributed by atoms with E-state index in [1.807, 2.05) is 54.6 Å². The van der Waals surface area contributed by atoms with Crippen LogP contribution in [0.2, 0.25) is 0 Å². The van der Waals surface area contributed by atoms with Gasteiger partial charge in [0.05, 0.1) is 16.8 Å². The maximum absolute atomic E-state index is 12.3. The van der Waals surface area contributed by atoms with E-state index in [1.165, 1.54) is 30.5 Å². The number of nitro benzene ring substituents is 1. The number of hydrogen-bond acceptors (Lipinski definition) is 6. The summed E-state index contributed by atoms with van der Waals surface area (Å²) in [4.78, 5) is 22.5. The number of hydrazone groups is 1. The van der Waals surface area contributed by atoms with E-state index in [9.17, 15) is 14.9 Å². The maximum atomic E-state index is 12.3. The van der Waals surface area contributed by atoms with Crippen molar-refractivity contribution >= 4 is 17.8 Å². The van der Waals surface area contributed by atoms with E-state index < -0.39 is 10.8 Å². The van der Waals surface area contributed by atoms with Gasteiger partial charge in [-0.3, -0.25) is 20.0 Å². The summed E-state index contributed by atoms with van der Waals surface area (Å²) in [5.74, 6) is 0.224. The van der Waals surface area contributed by atoms with Crippen molar-refractivity contribution in [1.29, 1.82) is 0 Å². The fourth-order valence-electron chi connectivity index (χ4n) is 2.98. The molecular weight excluding hydrogens is 422 g/mol. The molecule has 4 rings (SSSR count).